The number of benzene rings is 1. The maximum atomic E-state index is 12.5. The van der Waals surface area contributed by atoms with E-state index in [9.17, 15) is 24.6 Å². The number of dihydropyridines is 1. The van der Waals surface area contributed by atoms with Gasteiger partial charge in [0.1, 0.15) is 0 Å². The van der Waals surface area contributed by atoms with Gasteiger partial charge in [-0.3, -0.25) is 20.5 Å². The molecule has 1 aromatic rings. The lowest BCUT2D eigenvalue weighted by Crippen LogP contribution is -2.51. The number of carboxylic acids is 2. The number of hydrogen-bond acceptors (Lipinski definition) is 7. The Bertz CT molecular complexity index is 1180. The summed E-state index contributed by atoms with van der Waals surface area (Å²) in [4.78, 5) is 41.4. The van der Waals surface area contributed by atoms with Crippen molar-refractivity contribution in [1.82, 2.24) is 26.0 Å². The molecule has 0 unspecified atom stereocenters. The SMILES string of the molecule is CC1=C(C(=O)O)C(c2cccc(NC(=S)NNC(=O)CN3CCC(N4CCCCC4)CC3)c2)C(C(=O)O)=C(C)N1. The van der Waals surface area contributed by atoms with Crippen LogP contribution in [0.25, 0.3) is 0 Å². The van der Waals surface area contributed by atoms with Gasteiger partial charge in [0.05, 0.1) is 23.6 Å². The lowest BCUT2D eigenvalue weighted by Gasteiger charge is -2.40. The molecule has 0 spiro atoms. The predicted octanol–water partition coefficient (Wildman–Crippen LogP) is 2.36. The number of nitrogens with one attached hydrogen (secondary N) is 4. The van der Waals surface area contributed by atoms with E-state index in [-0.39, 0.29) is 28.7 Å². The number of nitrogens with zero attached hydrogens (tertiary/aromatic N) is 2. The number of carbonyl (C=O) groups excluding carboxylic acids is 1. The van der Waals surface area contributed by atoms with Crippen molar-refractivity contribution in [1.29, 1.82) is 0 Å². The number of carboxylic acid groups (broad SMARTS) is 2. The molecule has 3 aliphatic heterocycles. The van der Waals surface area contributed by atoms with Gasteiger partial charge >= 0.3 is 11.9 Å². The summed E-state index contributed by atoms with van der Waals surface area (Å²) >= 11 is 5.34. The number of hydrogen-bond donors (Lipinski definition) is 6. The van der Waals surface area contributed by atoms with Gasteiger partial charge < -0.3 is 25.7 Å². The van der Waals surface area contributed by atoms with Crippen LogP contribution in [-0.4, -0.2) is 81.7 Å². The van der Waals surface area contributed by atoms with Crippen LogP contribution in [0.1, 0.15) is 57.4 Å². The van der Waals surface area contributed by atoms with Crippen molar-refractivity contribution >= 4 is 40.9 Å². The van der Waals surface area contributed by atoms with Gasteiger partial charge in [-0.2, -0.15) is 0 Å². The molecule has 40 heavy (non-hydrogen) atoms. The summed E-state index contributed by atoms with van der Waals surface area (Å²) in [7, 11) is 0. The molecule has 216 valence electrons. The lowest BCUT2D eigenvalue weighted by atomic mass is 9.80. The second-order valence-corrected chi connectivity index (χ2v) is 11.0. The number of hydrazine groups is 1. The average molecular weight is 571 g/mol. The van der Waals surface area contributed by atoms with Gasteiger partial charge in [-0.1, -0.05) is 18.6 Å². The number of rotatable bonds is 7. The van der Waals surface area contributed by atoms with E-state index in [2.05, 4.69) is 31.3 Å². The minimum Gasteiger partial charge on any atom is -0.478 e. The maximum Gasteiger partial charge on any atom is 0.334 e. The number of allylic oxidation sites excluding steroid dienone is 2. The van der Waals surface area contributed by atoms with Crippen LogP contribution < -0.4 is 21.5 Å². The summed E-state index contributed by atoms with van der Waals surface area (Å²) in [6.07, 6.45) is 6.04. The summed E-state index contributed by atoms with van der Waals surface area (Å²) in [5.74, 6) is -3.56. The first-order valence-corrected chi connectivity index (χ1v) is 14.1. The molecule has 0 atom stereocenters. The lowest BCUT2D eigenvalue weighted by molar-refractivity contribution is -0.133. The quantitative estimate of drug-likeness (QED) is 0.212. The monoisotopic (exact) mass is 570 g/mol. The molecule has 0 saturated carbocycles. The molecule has 12 heteroatoms. The number of thiocarbonyl (C=S) groups is 1. The van der Waals surface area contributed by atoms with Crippen LogP contribution in [0.3, 0.4) is 0 Å². The average Bonchev–Trinajstić information content (AvgIpc) is 2.92. The third-order valence-electron chi connectivity index (χ3n) is 7.85. The smallest absolute Gasteiger partial charge is 0.334 e. The molecule has 1 aromatic carbocycles. The molecule has 2 saturated heterocycles. The van der Waals surface area contributed by atoms with E-state index in [1.807, 2.05) is 0 Å². The van der Waals surface area contributed by atoms with Gasteiger partial charge in [0, 0.05) is 36.2 Å². The largest absolute Gasteiger partial charge is 0.478 e. The van der Waals surface area contributed by atoms with E-state index < -0.39 is 17.9 Å². The van der Waals surface area contributed by atoms with Crippen LogP contribution in [0.15, 0.2) is 46.8 Å². The van der Waals surface area contributed by atoms with Crippen molar-refractivity contribution in [3.63, 3.8) is 0 Å². The van der Waals surface area contributed by atoms with Crippen LogP contribution in [0.2, 0.25) is 0 Å². The molecule has 3 aliphatic rings. The molecule has 11 nitrogen and oxygen atoms in total. The zero-order chi connectivity index (χ0) is 28.8. The van der Waals surface area contributed by atoms with Gasteiger partial charge in [-0.15, -0.1) is 0 Å². The minimum atomic E-state index is -1.20. The Hall–Kier alpha value is -3.48. The van der Waals surface area contributed by atoms with E-state index in [1.165, 1.54) is 32.4 Å². The highest BCUT2D eigenvalue weighted by Crippen LogP contribution is 2.39. The number of anilines is 1. The summed E-state index contributed by atoms with van der Waals surface area (Å²) in [5, 5.41) is 25.7. The fraction of sp³-hybridized carbons (Fsp3) is 0.500. The molecule has 3 heterocycles. The number of amides is 1. The van der Waals surface area contributed by atoms with Crippen LogP contribution in [0.5, 0.6) is 0 Å². The molecule has 0 aromatic heterocycles. The molecule has 0 radical (unpaired) electrons. The first-order valence-electron chi connectivity index (χ1n) is 13.7. The predicted molar refractivity (Wildman–Crippen MR) is 155 cm³/mol. The second-order valence-electron chi connectivity index (χ2n) is 10.6. The van der Waals surface area contributed by atoms with Gasteiger partial charge in [-0.05, 0) is 82.5 Å². The Balaban J connectivity index is 1.31. The standard InChI is InChI=1S/C28H38N6O5S/c1-17-23(26(36)37)25(24(27(38)39)18(2)29-17)19-7-6-8-20(15-19)30-28(40)32-31-22(35)16-33-13-9-21(10-14-33)34-11-4-3-5-12-34/h6-8,15,21,25,29H,3-5,9-14,16H2,1-2H3,(H,31,35)(H,36,37)(H,38,39)(H2,30,32,40). The van der Waals surface area contributed by atoms with E-state index in [0.29, 0.717) is 28.7 Å². The summed E-state index contributed by atoms with van der Waals surface area (Å²) in [6, 6.07) is 7.37. The third-order valence-corrected chi connectivity index (χ3v) is 8.05. The van der Waals surface area contributed by atoms with Gasteiger partial charge in [0.15, 0.2) is 5.11 Å². The second kappa shape index (κ2) is 13.2. The van der Waals surface area contributed by atoms with E-state index >= 15 is 0 Å². The van der Waals surface area contributed by atoms with Gasteiger partial charge in [0.2, 0.25) is 0 Å². The van der Waals surface area contributed by atoms with Crippen molar-refractivity contribution in [2.45, 2.75) is 57.9 Å². The molecule has 2 fully saturated rings. The highest BCUT2D eigenvalue weighted by atomic mass is 32.1. The Labute approximate surface area is 239 Å². The number of aliphatic carboxylic acids is 2. The zero-order valence-electron chi connectivity index (χ0n) is 23.0. The number of carbonyl (C=O) groups is 3. The van der Waals surface area contributed by atoms with Crippen LogP contribution >= 0.6 is 12.2 Å². The van der Waals surface area contributed by atoms with Crippen molar-refractivity contribution in [2.24, 2.45) is 0 Å². The molecule has 0 aliphatic carbocycles. The number of piperidine rings is 2. The number of likely N-dealkylation sites (tertiary alicyclic amines) is 2. The summed E-state index contributed by atoms with van der Waals surface area (Å²) in [6.45, 7) is 7.65. The summed E-state index contributed by atoms with van der Waals surface area (Å²) in [5.41, 5.74) is 7.06. The molecule has 1 amide bonds. The first kappa shape index (κ1) is 29.5. The van der Waals surface area contributed by atoms with Crippen molar-refractivity contribution in [3.8, 4) is 0 Å². The molecule has 0 bridgehead atoms. The Morgan fingerprint density at radius 2 is 1.57 bits per heavy atom. The van der Waals surface area contributed by atoms with E-state index in [1.54, 1.807) is 38.1 Å². The van der Waals surface area contributed by atoms with Crippen molar-refractivity contribution in [2.75, 3.05) is 38.0 Å². The van der Waals surface area contributed by atoms with Crippen LogP contribution in [0.4, 0.5) is 5.69 Å². The maximum absolute atomic E-state index is 12.5. The van der Waals surface area contributed by atoms with E-state index in [0.717, 1.165) is 25.9 Å². The molecular formula is C28H38N6O5S. The molecule has 6 N–H and O–H groups in total. The first-order chi connectivity index (χ1) is 19.1. The molecule has 4 rings (SSSR count). The summed E-state index contributed by atoms with van der Waals surface area (Å²) < 4.78 is 0. The highest BCUT2D eigenvalue weighted by molar-refractivity contribution is 7.80. The van der Waals surface area contributed by atoms with Crippen molar-refractivity contribution in [3.05, 3.63) is 52.4 Å². The van der Waals surface area contributed by atoms with E-state index in [4.69, 9.17) is 12.2 Å². The normalized spacial score (nSPS) is 19.6. The Kier molecular flexibility index (Phi) is 9.77. The van der Waals surface area contributed by atoms with Crippen LogP contribution in [-0.2, 0) is 14.4 Å². The fourth-order valence-corrected chi connectivity index (χ4v) is 6.12. The van der Waals surface area contributed by atoms with Gasteiger partial charge in [-0.25, -0.2) is 9.59 Å². The Morgan fingerprint density at radius 3 is 2.17 bits per heavy atom. The fourth-order valence-electron chi connectivity index (χ4n) is 5.95. The van der Waals surface area contributed by atoms with Crippen LogP contribution in [0, 0.1) is 0 Å². The van der Waals surface area contributed by atoms with Gasteiger partial charge in [0.25, 0.3) is 5.91 Å². The molecular weight excluding hydrogens is 532 g/mol. The minimum absolute atomic E-state index is 0.0342. The Morgan fingerprint density at radius 1 is 0.950 bits per heavy atom. The zero-order valence-corrected chi connectivity index (χ0v) is 23.8. The topological polar surface area (TPSA) is 146 Å². The van der Waals surface area contributed by atoms with Crippen molar-refractivity contribution < 1.29 is 24.6 Å². The highest BCUT2D eigenvalue weighted by Gasteiger charge is 2.36. The third kappa shape index (κ3) is 7.18.